The zero-order chi connectivity index (χ0) is 16.5. The van der Waals surface area contributed by atoms with Crippen molar-refractivity contribution in [3.8, 4) is 0 Å². The van der Waals surface area contributed by atoms with E-state index in [1.165, 1.54) is 38.5 Å². The van der Waals surface area contributed by atoms with Gasteiger partial charge in [-0.15, -0.1) is 0 Å². The Bertz CT molecular complexity index is 336. The van der Waals surface area contributed by atoms with Crippen LogP contribution in [0.2, 0.25) is 0 Å². The number of carbonyl (C=O) groups is 1. The second-order valence-electron chi connectivity index (χ2n) is 7.46. The van der Waals surface area contributed by atoms with E-state index in [4.69, 9.17) is 4.74 Å². The van der Waals surface area contributed by atoms with Crippen LogP contribution in [0.25, 0.3) is 0 Å². The van der Waals surface area contributed by atoms with Crippen LogP contribution in [0.1, 0.15) is 65.2 Å². The predicted octanol–water partition coefficient (Wildman–Crippen LogP) is 3.11. The molecule has 4 nitrogen and oxygen atoms in total. The van der Waals surface area contributed by atoms with Gasteiger partial charge in [-0.2, -0.15) is 0 Å². The minimum Gasteiger partial charge on any atom is -0.378 e. The smallest absolute Gasteiger partial charge is 0.220 e. The highest BCUT2D eigenvalue weighted by molar-refractivity contribution is 5.76. The lowest BCUT2D eigenvalue weighted by Gasteiger charge is -2.28. The number of ether oxygens (including phenoxy) is 1. The highest BCUT2D eigenvalue weighted by Gasteiger charge is 2.26. The van der Waals surface area contributed by atoms with Gasteiger partial charge in [-0.25, -0.2) is 0 Å². The van der Waals surface area contributed by atoms with Gasteiger partial charge >= 0.3 is 0 Å². The van der Waals surface area contributed by atoms with Crippen LogP contribution in [0, 0.1) is 17.8 Å². The molecule has 0 bridgehead atoms. The average Bonchev–Trinajstić information content (AvgIpc) is 3.09. The number of piperidine rings is 1. The van der Waals surface area contributed by atoms with Crippen molar-refractivity contribution in [2.75, 3.05) is 26.2 Å². The first kappa shape index (κ1) is 18.7. The maximum Gasteiger partial charge on any atom is 0.220 e. The molecule has 2 fully saturated rings. The van der Waals surface area contributed by atoms with Crippen LogP contribution in [-0.4, -0.2) is 38.3 Å². The first-order valence-electron chi connectivity index (χ1n) is 9.79. The fourth-order valence-corrected chi connectivity index (χ4v) is 4.25. The van der Waals surface area contributed by atoms with Crippen LogP contribution >= 0.6 is 0 Å². The van der Waals surface area contributed by atoms with Crippen molar-refractivity contribution in [1.82, 2.24) is 10.6 Å². The van der Waals surface area contributed by atoms with Crippen LogP contribution in [0.3, 0.4) is 0 Å². The molecule has 1 saturated carbocycles. The topological polar surface area (TPSA) is 50.4 Å². The molecule has 2 aliphatic rings. The van der Waals surface area contributed by atoms with Crippen LogP contribution in [0.4, 0.5) is 0 Å². The maximum absolute atomic E-state index is 12.2. The normalized spacial score (nSPS) is 25.2. The summed E-state index contributed by atoms with van der Waals surface area (Å²) in [4.78, 5) is 12.2. The molecular formula is C19H36N2O2. The third kappa shape index (κ3) is 6.42. The van der Waals surface area contributed by atoms with Gasteiger partial charge in [-0.1, -0.05) is 19.8 Å². The van der Waals surface area contributed by atoms with Gasteiger partial charge in [0, 0.05) is 19.6 Å². The van der Waals surface area contributed by atoms with Crippen molar-refractivity contribution in [3.63, 3.8) is 0 Å². The van der Waals surface area contributed by atoms with E-state index in [0.29, 0.717) is 30.3 Å². The van der Waals surface area contributed by atoms with Crippen molar-refractivity contribution in [1.29, 1.82) is 0 Å². The molecule has 4 heteroatoms. The summed E-state index contributed by atoms with van der Waals surface area (Å²) in [6.45, 7) is 8.04. The van der Waals surface area contributed by atoms with Gasteiger partial charge in [0.05, 0.1) is 6.10 Å². The molecule has 1 aliphatic heterocycles. The van der Waals surface area contributed by atoms with Crippen LogP contribution in [-0.2, 0) is 9.53 Å². The molecule has 3 atom stereocenters. The number of carbonyl (C=O) groups excluding carboxylic acids is 1. The molecule has 134 valence electrons. The predicted molar refractivity (Wildman–Crippen MR) is 94.4 cm³/mol. The summed E-state index contributed by atoms with van der Waals surface area (Å²) in [6, 6.07) is 0. The van der Waals surface area contributed by atoms with Crippen molar-refractivity contribution in [3.05, 3.63) is 0 Å². The maximum atomic E-state index is 12.2. The largest absolute Gasteiger partial charge is 0.378 e. The molecule has 0 radical (unpaired) electrons. The highest BCUT2D eigenvalue weighted by Crippen LogP contribution is 2.30. The van der Waals surface area contributed by atoms with Crippen molar-refractivity contribution < 1.29 is 9.53 Å². The minimum atomic E-state index is 0.213. The van der Waals surface area contributed by atoms with Gasteiger partial charge in [-0.3, -0.25) is 4.79 Å². The van der Waals surface area contributed by atoms with Crippen LogP contribution in [0.15, 0.2) is 0 Å². The van der Waals surface area contributed by atoms with E-state index in [-0.39, 0.29) is 5.91 Å². The monoisotopic (exact) mass is 324 g/mol. The lowest BCUT2D eigenvalue weighted by atomic mass is 9.85. The van der Waals surface area contributed by atoms with Gasteiger partial charge < -0.3 is 15.4 Å². The van der Waals surface area contributed by atoms with Gasteiger partial charge in [0.15, 0.2) is 0 Å². The lowest BCUT2D eigenvalue weighted by Crippen LogP contribution is -2.36. The standard InChI is InChI=1S/C19H36N2O2/c1-3-23-18(16-7-4-5-8-16)10-12-21-19(22)13-15(2)17-9-6-11-20-14-17/h15-18,20H,3-14H2,1-2H3,(H,21,22). The molecule has 1 saturated heterocycles. The molecule has 0 aromatic carbocycles. The summed E-state index contributed by atoms with van der Waals surface area (Å²) >= 11 is 0. The summed E-state index contributed by atoms with van der Waals surface area (Å²) < 4.78 is 5.92. The van der Waals surface area contributed by atoms with Gasteiger partial charge in [0.1, 0.15) is 0 Å². The minimum absolute atomic E-state index is 0.213. The summed E-state index contributed by atoms with van der Waals surface area (Å²) in [5.41, 5.74) is 0. The number of hydrogen-bond donors (Lipinski definition) is 2. The number of rotatable bonds is 9. The Balaban J connectivity index is 1.64. The molecule has 1 aliphatic carbocycles. The Morgan fingerprint density at radius 2 is 1.96 bits per heavy atom. The molecule has 3 unspecified atom stereocenters. The highest BCUT2D eigenvalue weighted by atomic mass is 16.5. The van der Waals surface area contributed by atoms with Crippen LogP contribution in [0.5, 0.6) is 0 Å². The summed E-state index contributed by atoms with van der Waals surface area (Å²) in [5, 5.41) is 6.57. The SMILES string of the molecule is CCOC(CCNC(=O)CC(C)C1CCCNC1)C1CCCC1. The van der Waals surface area contributed by atoms with E-state index in [0.717, 1.165) is 32.7 Å². The molecule has 0 aromatic heterocycles. The molecule has 2 rings (SSSR count). The molecule has 23 heavy (non-hydrogen) atoms. The van der Waals surface area contributed by atoms with Gasteiger partial charge in [-0.05, 0) is 69.9 Å². The molecule has 0 aromatic rings. The van der Waals surface area contributed by atoms with E-state index in [2.05, 4.69) is 24.5 Å². The lowest BCUT2D eigenvalue weighted by molar-refractivity contribution is -0.122. The van der Waals surface area contributed by atoms with E-state index in [1.807, 2.05) is 0 Å². The van der Waals surface area contributed by atoms with Gasteiger partial charge in [0.25, 0.3) is 0 Å². The summed E-state index contributed by atoms with van der Waals surface area (Å²) in [7, 11) is 0. The first-order valence-corrected chi connectivity index (χ1v) is 9.79. The Morgan fingerprint density at radius 1 is 1.22 bits per heavy atom. The number of amides is 1. The number of nitrogens with one attached hydrogen (secondary N) is 2. The second-order valence-corrected chi connectivity index (χ2v) is 7.46. The van der Waals surface area contributed by atoms with Crippen molar-refractivity contribution in [2.45, 2.75) is 71.3 Å². The quantitative estimate of drug-likeness (QED) is 0.685. The van der Waals surface area contributed by atoms with E-state index < -0.39 is 0 Å². The number of hydrogen-bond acceptors (Lipinski definition) is 3. The zero-order valence-electron chi connectivity index (χ0n) is 15.1. The van der Waals surface area contributed by atoms with Crippen molar-refractivity contribution >= 4 is 5.91 Å². The fraction of sp³-hybridized carbons (Fsp3) is 0.947. The van der Waals surface area contributed by atoms with E-state index in [1.54, 1.807) is 0 Å². The first-order chi connectivity index (χ1) is 11.2. The zero-order valence-corrected chi connectivity index (χ0v) is 15.1. The Morgan fingerprint density at radius 3 is 2.61 bits per heavy atom. The molecular weight excluding hydrogens is 288 g/mol. The van der Waals surface area contributed by atoms with Gasteiger partial charge in [0.2, 0.25) is 5.91 Å². The second kappa shape index (κ2) is 10.3. The van der Waals surface area contributed by atoms with Crippen molar-refractivity contribution in [2.24, 2.45) is 17.8 Å². The molecule has 0 spiro atoms. The van der Waals surface area contributed by atoms with E-state index in [9.17, 15) is 4.79 Å². The molecule has 1 heterocycles. The average molecular weight is 325 g/mol. The van der Waals surface area contributed by atoms with E-state index >= 15 is 0 Å². The Hall–Kier alpha value is -0.610. The third-order valence-electron chi connectivity index (χ3n) is 5.70. The Kier molecular flexibility index (Phi) is 8.38. The third-order valence-corrected chi connectivity index (χ3v) is 5.70. The fourth-order valence-electron chi connectivity index (χ4n) is 4.25. The van der Waals surface area contributed by atoms with Crippen LogP contribution < -0.4 is 10.6 Å². The molecule has 1 amide bonds. The summed E-state index contributed by atoms with van der Waals surface area (Å²) in [5.74, 6) is 2.05. The summed E-state index contributed by atoms with van der Waals surface area (Å²) in [6.07, 6.45) is 9.74. The molecule has 2 N–H and O–H groups in total. The Labute approximate surface area is 142 Å².